The van der Waals surface area contributed by atoms with Crippen LogP contribution in [0.1, 0.15) is 29.2 Å². The number of aryl methyl sites for hydroxylation is 1. The SMILES string of the molecule is C=C/C=C(\C=C/C)c1ccc(C#Cc2ccc(-c3ccccc3)cc2Br)c(C)c1. The normalized spacial score (nSPS) is 11.2. The van der Waals surface area contributed by atoms with Crippen LogP contribution in [0.15, 0.2) is 102 Å². The largest absolute Gasteiger partial charge is 0.0990 e. The maximum absolute atomic E-state index is 3.81. The monoisotopic (exact) mass is 438 g/mol. The summed E-state index contributed by atoms with van der Waals surface area (Å²) in [7, 11) is 0. The minimum Gasteiger partial charge on any atom is -0.0990 e. The van der Waals surface area contributed by atoms with Gasteiger partial charge in [-0.3, -0.25) is 0 Å². The van der Waals surface area contributed by atoms with Crippen molar-refractivity contribution in [3.05, 3.63) is 124 Å². The van der Waals surface area contributed by atoms with E-state index in [-0.39, 0.29) is 0 Å². The van der Waals surface area contributed by atoms with E-state index in [4.69, 9.17) is 0 Å². The number of hydrogen-bond acceptors (Lipinski definition) is 0. The Bertz CT molecular complexity index is 1140. The molecule has 0 spiro atoms. The molecular weight excluding hydrogens is 416 g/mol. The average molecular weight is 439 g/mol. The fourth-order valence-electron chi connectivity index (χ4n) is 3.10. The summed E-state index contributed by atoms with van der Waals surface area (Å²) in [5.41, 5.74) is 7.86. The minimum absolute atomic E-state index is 0.981. The van der Waals surface area contributed by atoms with Crippen LogP contribution in [0.2, 0.25) is 0 Å². The predicted molar refractivity (Wildman–Crippen MR) is 130 cm³/mol. The van der Waals surface area contributed by atoms with Gasteiger partial charge >= 0.3 is 0 Å². The number of benzene rings is 3. The summed E-state index contributed by atoms with van der Waals surface area (Å²) in [6.45, 7) is 7.93. The molecule has 0 nitrogen and oxygen atoms in total. The van der Waals surface area contributed by atoms with Crippen LogP contribution in [0.25, 0.3) is 16.7 Å². The van der Waals surface area contributed by atoms with Crippen LogP contribution in [-0.4, -0.2) is 0 Å². The van der Waals surface area contributed by atoms with E-state index in [0.717, 1.165) is 26.7 Å². The van der Waals surface area contributed by atoms with Gasteiger partial charge in [0.2, 0.25) is 0 Å². The van der Waals surface area contributed by atoms with E-state index in [1.54, 1.807) is 0 Å². The second-order valence-electron chi connectivity index (χ2n) is 6.70. The van der Waals surface area contributed by atoms with Gasteiger partial charge in [-0.1, -0.05) is 91.3 Å². The van der Waals surface area contributed by atoms with Gasteiger partial charge in [-0.25, -0.2) is 0 Å². The second kappa shape index (κ2) is 9.92. The van der Waals surface area contributed by atoms with Crippen molar-refractivity contribution in [3.63, 3.8) is 0 Å². The molecule has 0 atom stereocenters. The molecule has 3 aromatic carbocycles. The molecule has 1 heteroatoms. The Labute approximate surface area is 182 Å². The van der Waals surface area contributed by atoms with Gasteiger partial charge < -0.3 is 0 Å². The zero-order valence-electron chi connectivity index (χ0n) is 16.7. The minimum atomic E-state index is 0.981. The van der Waals surface area contributed by atoms with Crippen molar-refractivity contribution in [1.29, 1.82) is 0 Å². The standard InChI is InChI=1S/C28H23Br/c1-4-9-23(10-5-2)26-17-14-22(21(3)19-26)13-15-25-16-18-27(20-28(25)29)24-11-7-6-8-12-24/h4-12,14,16-20H,1H2,2-3H3/b10-5-,23-9+. The fourth-order valence-corrected chi connectivity index (χ4v) is 3.58. The average Bonchev–Trinajstić information content (AvgIpc) is 2.74. The summed E-state index contributed by atoms with van der Waals surface area (Å²) in [6, 6.07) is 23.0. The molecule has 0 aromatic heterocycles. The summed E-state index contributed by atoms with van der Waals surface area (Å²) in [6.07, 6.45) is 7.96. The number of hydrogen-bond donors (Lipinski definition) is 0. The van der Waals surface area contributed by atoms with Crippen molar-refractivity contribution in [3.8, 4) is 23.0 Å². The predicted octanol–water partition coefficient (Wildman–Crippen LogP) is 7.97. The number of rotatable bonds is 4. The lowest BCUT2D eigenvalue weighted by Gasteiger charge is -2.06. The van der Waals surface area contributed by atoms with Crippen molar-refractivity contribution in [2.24, 2.45) is 0 Å². The third-order valence-electron chi connectivity index (χ3n) is 4.61. The molecule has 0 aliphatic rings. The molecule has 0 aliphatic carbocycles. The number of allylic oxidation sites excluding steroid dienone is 5. The van der Waals surface area contributed by atoms with E-state index in [0.29, 0.717) is 0 Å². The van der Waals surface area contributed by atoms with Crippen LogP contribution in [0.3, 0.4) is 0 Å². The van der Waals surface area contributed by atoms with Gasteiger partial charge in [-0.05, 0) is 75.8 Å². The highest BCUT2D eigenvalue weighted by molar-refractivity contribution is 9.10. The van der Waals surface area contributed by atoms with Gasteiger partial charge in [0, 0.05) is 15.6 Å². The van der Waals surface area contributed by atoms with Gasteiger partial charge in [-0.15, -0.1) is 0 Å². The first-order chi connectivity index (χ1) is 14.1. The van der Waals surface area contributed by atoms with E-state index in [2.05, 4.69) is 108 Å². The second-order valence-corrected chi connectivity index (χ2v) is 7.55. The molecule has 0 saturated carbocycles. The van der Waals surface area contributed by atoms with E-state index in [9.17, 15) is 0 Å². The van der Waals surface area contributed by atoms with Crippen molar-refractivity contribution in [2.45, 2.75) is 13.8 Å². The molecule has 3 aromatic rings. The molecule has 0 aliphatic heterocycles. The Hall–Kier alpha value is -3.08. The van der Waals surface area contributed by atoms with Gasteiger partial charge in [0.15, 0.2) is 0 Å². The highest BCUT2D eigenvalue weighted by atomic mass is 79.9. The van der Waals surface area contributed by atoms with Crippen LogP contribution in [-0.2, 0) is 0 Å². The highest BCUT2D eigenvalue weighted by Gasteiger charge is 2.03. The fraction of sp³-hybridized carbons (Fsp3) is 0.0714. The zero-order chi connectivity index (χ0) is 20.6. The smallest absolute Gasteiger partial charge is 0.0391 e. The summed E-state index contributed by atoms with van der Waals surface area (Å²) in [5, 5.41) is 0. The number of halogens is 1. The molecule has 0 unspecified atom stereocenters. The summed E-state index contributed by atoms with van der Waals surface area (Å²) < 4.78 is 1.00. The van der Waals surface area contributed by atoms with Crippen LogP contribution in [0, 0.1) is 18.8 Å². The first-order valence-corrected chi connectivity index (χ1v) is 10.3. The Morgan fingerprint density at radius 2 is 1.62 bits per heavy atom. The van der Waals surface area contributed by atoms with E-state index in [1.807, 2.05) is 31.2 Å². The van der Waals surface area contributed by atoms with Gasteiger partial charge in [0.05, 0.1) is 0 Å². The van der Waals surface area contributed by atoms with E-state index in [1.165, 1.54) is 16.7 Å². The summed E-state index contributed by atoms with van der Waals surface area (Å²) in [5.74, 6) is 6.63. The van der Waals surface area contributed by atoms with Crippen LogP contribution >= 0.6 is 15.9 Å². The molecule has 3 rings (SSSR count). The van der Waals surface area contributed by atoms with Crippen molar-refractivity contribution in [2.75, 3.05) is 0 Å². The Balaban J connectivity index is 1.88. The van der Waals surface area contributed by atoms with Gasteiger partial charge in [0.1, 0.15) is 0 Å². The molecule has 0 saturated heterocycles. The molecule has 0 radical (unpaired) electrons. The topological polar surface area (TPSA) is 0 Å². The third kappa shape index (κ3) is 5.25. The Morgan fingerprint density at radius 3 is 2.28 bits per heavy atom. The lowest BCUT2D eigenvalue weighted by molar-refractivity contribution is 1.41. The van der Waals surface area contributed by atoms with Crippen molar-refractivity contribution < 1.29 is 0 Å². The maximum atomic E-state index is 3.81. The molecule has 0 amide bonds. The van der Waals surface area contributed by atoms with Crippen LogP contribution in [0.5, 0.6) is 0 Å². The first-order valence-electron chi connectivity index (χ1n) is 9.56. The molecule has 0 N–H and O–H groups in total. The quantitative estimate of drug-likeness (QED) is 0.286. The Kier molecular flexibility index (Phi) is 7.06. The highest BCUT2D eigenvalue weighted by Crippen LogP contribution is 2.26. The lowest BCUT2D eigenvalue weighted by Crippen LogP contribution is -1.88. The molecule has 0 bridgehead atoms. The lowest BCUT2D eigenvalue weighted by atomic mass is 9.99. The summed E-state index contributed by atoms with van der Waals surface area (Å²) >= 11 is 3.67. The summed E-state index contributed by atoms with van der Waals surface area (Å²) in [4.78, 5) is 0. The van der Waals surface area contributed by atoms with Crippen molar-refractivity contribution >= 4 is 21.5 Å². The molecule has 29 heavy (non-hydrogen) atoms. The van der Waals surface area contributed by atoms with Crippen molar-refractivity contribution in [1.82, 2.24) is 0 Å². The maximum Gasteiger partial charge on any atom is 0.0391 e. The van der Waals surface area contributed by atoms with Crippen LogP contribution < -0.4 is 0 Å². The zero-order valence-corrected chi connectivity index (χ0v) is 18.3. The van der Waals surface area contributed by atoms with Gasteiger partial charge in [0.25, 0.3) is 0 Å². The molecule has 0 heterocycles. The molecular formula is C28H23Br. The van der Waals surface area contributed by atoms with Crippen LogP contribution in [0.4, 0.5) is 0 Å². The van der Waals surface area contributed by atoms with Gasteiger partial charge in [-0.2, -0.15) is 0 Å². The van der Waals surface area contributed by atoms with E-state index < -0.39 is 0 Å². The third-order valence-corrected chi connectivity index (χ3v) is 5.27. The Morgan fingerprint density at radius 1 is 0.897 bits per heavy atom. The molecule has 0 fully saturated rings. The molecule has 142 valence electrons. The van der Waals surface area contributed by atoms with E-state index >= 15 is 0 Å². The first kappa shape index (κ1) is 20.6.